The highest BCUT2D eigenvalue weighted by Crippen LogP contribution is 2.22. The second kappa shape index (κ2) is 8.52. The van der Waals surface area contributed by atoms with Crippen LogP contribution in [0.2, 0.25) is 0 Å². The quantitative estimate of drug-likeness (QED) is 0.762. The first-order valence-electron chi connectivity index (χ1n) is 6.74. The van der Waals surface area contributed by atoms with Crippen LogP contribution in [0.15, 0.2) is 15.4 Å². The minimum absolute atomic E-state index is 0. The highest BCUT2D eigenvalue weighted by Gasteiger charge is 2.25. The average Bonchev–Trinajstić information content (AvgIpc) is 2.79. The minimum Gasteiger partial charge on any atom is -0.455 e. The van der Waals surface area contributed by atoms with Crippen LogP contribution in [0.4, 0.5) is 0 Å². The van der Waals surface area contributed by atoms with Gasteiger partial charge in [-0.15, -0.1) is 12.4 Å². The summed E-state index contributed by atoms with van der Waals surface area (Å²) in [6.45, 7) is 6.68. The van der Waals surface area contributed by atoms with Gasteiger partial charge in [-0.25, -0.2) is 12.7 Å². The van der Waals surface area contributed by atoms with Crippen molar-refractivity contribution in [2.24, 2.45) is 0 Å². The van der Waals surface area contributed by atoms with E-state index in [4.69, 9.17) is 4.42 Å². The average molecular weight is 354 g/mol. The van der Waals surface area contributed by atoms with E-state index in [1.807, 2.05) is 13.8 Å². The van der Waals surface area contributed by atoms with E-state index in [-0.39, 0.29) is 34.9 Å². The zero-order valence-corrected chi connectivity index (χ0v) is 15.1. The zero-order chi connectivity index (χ0) is 16.2. The van der Waals surface area contributed by atoms with Crippen LogP contribution in [0.5, 0.6) is 0 Å². The van der Waals surface area contributed by atoms with Crippen molar-refractivity contribution < 1.29 is 17.6 Å². The Hall–Kier alpha value is -1.09. The molecule has 0 fully saturated rings. The van der Waals surface area contributed by atoms with Gasteiger partial charge in [0, 0.05) is 32.7 Å². The summed E-state index contributed by atoms with van der Waals surface area (Å²) in [5, 5.41) is 5.86. The maximum Gasteiger partial charge on any atom is 0.287 e. The molecule has 9 heteroatoms. The van der Waals surface area contributed by atoms with Crippen molar-refractivity contribution >= 4 is 28.3 Å². The standard InChI is InChI=1S/C13H23N3O4S.ClH/c1-6-14-9(2)8-15-13(17)11-7-12(10(3)20-11)21(18,19)16(4)5;/h7,9,14H,6,8H2,1-5H3,(H,15,17);1H/t9-;/m1./s1. The molecular weight excluding hydrogens is 330 g/mol. The Labute approximate surface area is 137 Å². The molecule has 1 atom stereocenters. The number of halogens is 1. The van der Waals surface area contributed by atoms with Crippen molar-refractivity contribution in [1.82, 2.24) is 14.9 Å². The summed E-state index contributed by atoms with van der Waals surface area (Å²) >= 11 is 0. The van der Waals surface area contributed by atoms with Crippen LogP contribution in [0.1, 0.15) is 30.2 Å². The van der Waals surface area contributed by atoms with Crippen LogP contribution in [-0.2, 0) is 10.0 Å². The summed E-state index contributed by atoms with van der Waals surface area (Å²) in [4.78, 5) is 12.0. The number of nitrogens with zero attached hydrogens (tertiary/aromatic N) is 1. The van der Waals surface area contributed by atoms with Crippen molar-refractivity contribution in [3.63, 3.8) is 0 Å². The fraction of sp³-hybridized carbons (Fsp3) is 0.615. The van der Waals surface area contributed by atoms with Gasteiger partial charge in [0.25, 0.3) is 5.91 Å². The molecule has 1 amide bonds. The smallest absolute Gasteiger partial charge is 0.287 e. The molecule has 0 saturated heterocycles. The van der Waals surface area contributed by atoms with Crippen LogP contribution in [0.3, 0.4) is 0 Å². The summed E-state index contributed by atoms with van der Waals surface area (Å²) in [5.74, 6) is -0.228. The highest BCUT2D eigenvalue weighted by molar-refractivity contribution is 7.89. The zero-order valence-electron chi connectivity index (χ0n) is 13.5. The van der Waals surface area contributed by atoms with Crippen molar-refractivity contribution in [2.75, 3.05) is 27.2 Å². The molecule has 0 aliphatic carbocycles. The minimum atomic E-state index is -3.61. The number of amides is 1. The lowest BCUT2D eigenvalue weighted by molar-refractivity contribution is 0.0921. The lowest BCUT2D eigenvalue weighted by atomic mass is 10.3. The van der Waals surface area contributed by atoms with Gasteiger partial charge in [0.15, 0.2) is 5.76 Å². The van der Waals surface area contributed by atoms with E-state index in [0.717, 1.165) is 10.8 Å². The van der Waals surface area contributed by atoms with E-state index in [0.29, 0.717) is 6.54 Å². The highest BCUT2D eigenvalue weighted by atomic mass is 35.5. The number of aryl methyl sites for hydroxylation is 1. The second-order valence-corrected chi connectivity index (χ2v) is 7.11. The largest absolute Gasteiger partial charge is 0.455 e. The summed E-state index contributed by atoms with van der Waals surface area (Å²) < 4.78 is 30.5. The van der Waals surface area contributed by atoms with Gasteiger partial charge in [-0.1, -0.05) is 6.92 Å². The molecule has 22 heavy (non-hydrogen) atoms. The SMILES string of the molecule is CCN[C@H](C)CNC(=O)c1cc(S(=O)(=O)N(C)C)c(C)o1.Cl. The molecule has 1 aromatic rings. The molecule has 7 nitrogen and oxygen atoms in total. The Morgan fingerprint density at radius 2 is 2.00 bits per heavy atom. The number of sulfonamides is 1. The van der Waals surface area contributed by atoms with Gasteiger partial charge in [0.1, 0.15) is 10.7 Å². The normalized spacial score (nSPS) is 12.8. The van der Waals surface area contributed by atoms with Gasteiger partial charge in [-0.2, -0.15) is 0 Å². The maximum absolute atomic E-state index is 12.1. The first-order valence-corrected chi connectivity index (χ1v) is 8.18. The molecule has 0 aromatic carbocycles. The number of hydrogen-bond acceptors (Lipinski definition) is 5. The van der Waals surface area contributed by atoms with Gasteiger partial charge in [-0.3, -0.25) is 4.79 Å². The van der Waals surface area contributed by atoms with Gasteiger partial charge in [0.2, 0.25) is 10.0 Å². The molecule has 0 spiro atoms. The lowest BCUT2D eigenvalue weighted by Crippen LogP contribution is -2.38. The summed E-state index contributed by atoms with van der Waals surface area (Å²) in [6.07, 6.45) is 0. The van der Waals surface area contributed by atoms with Crippen molar-refractivity contribution in [3.8, 4) is 0 Å². The molecule has 0 radical (unpaired) electrons. The van der Waals surface area contributed by atoms with Crippen molar-refractivity contribution in [3.05, 3.63) is 17.6 Å². The number of carbonyl (C=O) groups is 1. The van der Waals surface area contributed by atoms with Crippen LogP contribution in [-0.4, -0.2) is 51.9 Å². The van der Waals surface area contributed by atoms with Crippen molar-refractivity contribution in [1.29, 1.82) is 0 Å². The molecule has 2 N–H and O–H groups in total. The van der Waals surface area contributed by atoms with E-state index in [1.165, 1.54) is 27.1 Å². The summed E-state index contributed by atoms with van der Waals surface area (Å²) in [6, 6.07) is 1.39. The first kappa shape index (κ1) is 20.9. The number of likely N-dealkylation sites (N-methyl/N-ethyl adjacent to an activating group) is 1. The van der Waals surface area contributed by atoms with Crippen LogP contribution < -0.4 is 10.6 Å². The predicted octanol–water partition coefficient (Wildman–Crippen LogP) is 0.988. The monoisotopic (exact) mass is 353 g/mol. The Balaban J connectivity index is 0.00000441. The van der Waals surface area contributed by atoms with Crippen LogP contribution in [0.25, 0.3) is 0 Å². The Morgan fingerprint density at radius 3 is 2.50 bits per heavy atom. The third-order valence-electron chi connectivity index (χ3n) is 2.98. The summed E-state index contributed by atoms with van der Waals surface area (Å²) in [7, 11) is -0.753. The van der Waals surface area contributed by atoms with Crippen molar-refractivity contribution in [2.45, 2.75) is 31.7 Å². The molecular formula is C13H24ClN3O4S. The van der Waals surface area contributed by atoms with E-state index >= 15 is 0 Å². The number of furan rings is 1. The first-order chi connectivity index (χ1) is 9.70. The molecule has 128 valence electrons. The molecule has 0 aliphatic rings. The van der Waals surface area contributed by atoms with Gasteiger partial charge in [-0.05, 0) is 20.4 Å². The van der Waals surface area contributed by atoms with Crippen LogP contribution >= 0.6 is 12.4 Å². The third kappa shape index (κ3) is 4.98. The fourth-order valence-corrected chi connectivity index (χ4v) is 2.84. The number of nitrogens with one attached hydrogen (secondary N) is 2. The number of hydrogen-bond donors (Lipinski definition) is 2. The topological polar surface area (TPSA) is 91.6 Å². The number of carbonyl (C=O) groups excluding carboxylic acids is 1. The van der Waals surface area contributed by atoms with E-state index in [1.54, 1.807) is 0 Å². The maximum atomic E-state index is 12.1. The van der Waals surface area contributed by atoms with E-state index in [9.17, 15) is 13.2 Å². The molecule has 0 bridgehead atoms. The molecule has 0 unspecified atom stereocenters. The van der Waals surface area contributed by atoms with Gasteiger partial charge in [0.05, 0.1) is 0 Å². The molecule has 1 aromatic heterocycles. The Bertz CT molecular complexity index is 598. The molecule has 1 heterocycles. The van der Waals surface area contributed by atoms with E-state index < -0.39 is 15.9 Å². The second-order valence-electron chi connectivity index (χ2n) is 4.99. The van der Waals surface area contributed by atoms with Gasteiger partial charge < -0.3 is 15.1 Å². The fourth-order valence-electron chi connectivity index (χ4n) is 1.78. The molecule has 0 aliphatic heterocycles. The molecule has 1 rings (SSSR count). The lowest BCUT2D eigenvalue weighted by Gasteiger charge is -2.12. The van der Waals surface area contributed by atoms with Crippen LogP contribution in [0, 0.1) is 6.92 Å². The van der Waals surface area contributed by atoms with E-state index in [2.05, 4.69) is 10.6 Å². The third-order valence-corrected chi connectivity index (χ3v) is 4.90. The Kier molecular flexibility index (Phi) is 8.10. The Morgan fingerprint density at radius 1 is 1.41 bits per heavy atom. The predicted molar refractivity (Wildman–Crippen MR) is 87.0 cm³/mol. The summed E-state index contributed by atoms with van der Waals surface area (Å²) in [5.41, 5.74) is 0. The molecule has 0 saturated carbocycles. The van der Waals surface area contributed by atoms with Gasteiger partial charge >= 0.3 is 0 Å². The number of rotatable bonds is 7.